The van der Waals surface area contributed by atoms with E-state index in [0.29, 0.717) is 43.7 Å². The van der Waals surface area contributed by atoms with Crippen LogP contribution < -0.4 is 19.5 Å². The van der Waals surface area contributed by atoms with Gasteiger partial charge in [-0.15, -0.1) is 10.2 Å². The van der Waals surface area contributed by atoms with Crippen molar-refractivity contribution in [1.29, 1.82) is 0 Å². The van der Waals surface area contributed by atoms with Crippen molar-refractivity contribution in [2.45, 2.75) is 4.90 Å². The van der Waals surface area contributed by atoms with Crippen LogP contribution in [0.25, 0.3) is 0 Å². The Labute approximate surface area is 145 Å². The van der Waals surface area contributed by atoms with Gasteiger partial charge in [0.2, 0.25) is 0 Å². The summed E-state index contributed by atoms with van der Waals surface area (Å²) in [7, 11) is -2.21. The molecule has 0 spiro atoms. The molecule has 0 bridgehead atoms. The van der Waals surface area contributed by atoms with Gasteiger partial charge in [0.1, 0.15) is 19.0 Å². The molecule has 0 unspecified atom stereocenters. The molecule has 1 aliphatic rings. The summed E-state index contributed by atoms with van der Waals surface area (Å²) >= 11 is 0. The first-order valence-electron chi connectivity index (χ1n) is 7.57. The number of anilines is 2. The van der Waals surface area contributed by atoms with E-state index < -0.39 is 10.0 Å². The molecular weight excluding hydrogens is 348 g/mol. The quantitative estimate of drug-likeness (QED) is 0.701. The van der Waals surface area contributed by atoms with E-state index in [1.54, 1.807) is 19.2 Å². The number of fused-ring (bicyclic) bond motifs is 1. The van der Waals surface area contributed by atoms with Gasteiger partial charge in [-0.25, -0.2) is 8.42 Å². The van der Waals surface area contributed by atoms with Crippen molar-refractivity contribution in [1.82, 2.24) is 10.2 Å². The zero-order valence-electron chi connectivity index (χ0n) is 13.6. The molecule has 1 aromatic carbocycles. The summed E-state index contributed by atoms with van der Waals surface area (Å²) in [4.78, 5) is 0.0563. The SMILES string of the molecule is COCCNc1ccc(NS(=O)(=O)c2ccc3c(c2)OCCO3)nn1. The Kier molecular flexibility index (Phi) is 5.19. The van der Waals surface area contributed by atoms with Gasteiger partial charge in [0.05, 0.1) is 11.5 Å². The fourth-order valence-corrected chi connectivity index (χ4v) is 3.16. The molecule has 0 atom stereocenters. The molecule has 0 radical (unpaired) electrons. The average molecular weight is 366 g/mol. The largest absolute Gasteiger partial charge is 0.486 e. The molecule has 134 valence electrons. The number of aromatic nitrogens is 2. The fourth-order valence-electron chi connectivity index (χ4n) is 2.15. The second-order valence-corrected chi connectivity index (χ2v) is 6.82. The second kappa shape index (κ2) is 7.53. The Morgan fingerprint density at radius 1 is 1.08 bits per heavy atom. The normalized spacial score (nSPS) is 13.3. The maximum Gasteiger partial charge on any atom is 0.263 e. The zero-order valence-corrected chi connectivity index (χ0v) is 14.4. The molecule has 1 aromatic heterocycles. The van der Waals surface area contributed by atoms with Crippen molar-refractivity contribution in [3.63, 3.8) is 0 Å². The number of nitrogens with one attached hydrogen (secondary N) is 2. The summed E-state index contributed by atoms with van der Waals surface area (Å²) in [5, 5.41) is 10.8. The van der Waals surface area contributed by atoms with Crippen LogP contribution in [-0.4, -0.2) is 52.1 Å². The monoisotopic (exact) mass is 366 g/mol. The van der Waals surface area contributed by atoms with Gasteiger partial charge < -0.3 is 19.5 Å². The van der Waals surface area contributed by atoms with Crippen molar-refractivity contribution in [3.8, 4) is 11.5 Å². The number of hydrogen-bond donors (Lipinski definition) is 2. The first kappa shape index (κ1) is 17.2. The minimum absolute atomic E-state index is 0.0563. The van der Waals surface area contributed by atoms with Gasteiger partial charge in [-0.1, -0.05) is 0 Å². The van der Waals surface area contributed by atoms with E-state index in [2.05, 4.69) is 20.2 Å². The van der Waals surface area contributed by atoms with Gasteiger partial charge in [-0.3, -0.25) is 4.72 Å². The van der Waals surface area contributed by atoms with Crippen LogP contribution in [0.15, 0.2) is 35.2 Å². The average Bonchev–Trinajstić information content (AvgIpc) is 2.63. The summed E-state index contributed by atoms with van der Waals surface area (Å²) in [6.07, 6.45) is 0. The Morgan fingerprint density at radius 3 is 2.52 bits per heavy atom. The number of nitrogens with zero attached hydrogens (tertiary/aromatic N) is 2. The van der Waals surface area contributed by atoms with Crippen LogP contribution in [0, 0.1) is 0 Å². The van der Waals surface area contributed by atoms with Gasteiger partial charge in [0, 0.05) is 19.7 Å². The maximum absolute atomic E-state index is 12.5. The molecule has 3 rings (SSSR count). The summed E-state index contributed by atoms with van der Waals surface area (Å²) < 4.78 is 43.1. The highest BCUT2D eigenvalue weighted by Gasteiger charge is 2.20. The molecule has 0 saturated heterocycles. The van der Waals surface area contributed by atoms with Gasteiger partial charge in [0.25, 0.3) is 10.0 Å². The Bertz CT molecular complexity index is 826. The van der Waals surface area contributed by atoms with E-state index in [9.17, 15) is 8.42 Å². The molecule has 2 aromatic rings. The van der Waals surface area contributed by atoms with E-state index in [-0.39, 0.29) is 10.7 Å². The number of methoxy groups -OCH3 is 1. The lowest BCUT2D eigenvalue weighted by Crippen LogP contribution is -2.18. The van der Waals surface area contributed by atoms with Crippen LogP contribution in [0.4, 0.5) is 11.6 Å². The minimum Gasteiger partial charge on any atom is -0.486 e. The number of benzene rings is 1. The maximum atomic E-state index is 12.5. The lowest BCUT2D eigenvalue weighted by molar-refractivity contribution is 0.171. The summed E-state index contributed by atoms with van der Waals surface area (Å²) in [6, 6.07) is 7.59. The van der Waals surface area contributed by atoms with Crippen LogP contribution >= 0.6 is 0 Å². The zero-order chi connectivity index (χ0) is 17.7. The minimum atomic E-state index is -3.81. The first-order valence-corrected chi connectivity index (χ1v) is 9.06. The highest BCUT2D eigenvalue weighted by atomic mass is 32.2. The van der Waals surface area contributed by atoms with E-state index in [1.807, 2.05) is 0 Å². The Balaban J connectivity index is 1.71. The van der Waals surface area contributed by atoms with E-state index in [1.165, 1.54) is 18.2 Å². The van der Waals surface area contributed by atoms with Gasteiger partial charge >= 0.3 is 0 Å². The summed E-state index contributed by atoms with van der Waals surface area (Å²) in [5.74, 6) is 1.57. The molecule has 0 fully saturated rings. The number of rotatable bonds is 7. The highest BCUT2D eigenvalue weighted by molar-refractivity contribution is 7.92. The molecule has 0 aliphatic carbocycles. The molecular formula is C15H18N4O5S. The lowest BCUT2D eigenvalue weighted by Gasteiger charge is -2.18. The predicted molar refractivity (Wildman–Crippen MR) is 90.6 cm³/mol. The molecule has 10 heteroatoms. The van der Waals surface area contributed by atoms with Crippen molar-refractivity contribution in [3.05, 3.63) is 30.3 Å². The van der Waals surface area contributed by atoms with E-state index in [0.717, 1.165) is 0 Å². The standard InChI is InChI=1S/C15H18N4O5S/c1-22-7-6-16-14-4-5-15(18-17-14)19-25(20,21)11-2-3-12-13(10-11)24-9-8-23-12/h2-5,10H,6-9H2,1H3,(H,16,17)(H,18,19). The predicted octanol–water partition coefficient (Wildman–Crippen LogP) is 1.11. The van der Waals surface area contributed by atoms with Crippen molar-refractivity contribution in [2.75, 3.05) is 43.5 Å². The molecule has 25 heavy (non-hydrogen) atoms. The van der Waals surface area contributed by atoms with Crippen LogP contribution in [0.3, 0.4) is 0 Å². The van der Waals surface area contributed by atoms with Gasteiger partial charge in [0.15, 0.2) is 17.3 Å². The van der Waals surface area contributed by atoms with E-state index >= 15 is 0 Å². The number of sulfonamides is 1. The third kappa shape index (κ3) is 4.28. The van der Waals surface area contributed by atoms with Crippen molar-refractivity contribution < 1.29 is 22.6 Å². The smallest absolute Gasteiger partial charge is 0.263 e. The molecule has 2 N–H and O–H groups in total. The topological polar surface area (TPSA) is 112 Å². The Morgan fingerprint density at radius 2 is 1.80 bits per heavy atom. The fraction of sp³-hybridized carbons (Fsp3) is 0.333. The Hall–Kier alpha value is -2.59. The first-order chi connectivity index (χ1) is 12.1. The third-order valence-corrected chi connectivity index (χ3v) is 4.69. The molecule has 0 amide bonds. The number of ether oxygens (including phenoxy) is 3. The second-order valence-electron chi connectivity index (χ2n) is 5.13. The summed E-state index contributed by atoms with van der Waals surface area (Å²) in [6.45, 7) is 1.93. The molecule has 9 nitrogen and oxygen atoms in total. The molecule has 0 saturated carbocycles. The van der Waals surface area contributed by atoms with Crippen LogP contribution in [0.1, 0.15) is 0 Å². The highest BCUT2D eigenvalue weighted by Crippen LogP contribution is 2.32. The summed E-state index contributed by atoms with van der Waals surface area (Å²) in [5.41, 5.74) is 0. The van der Waals surface area contributed by atoms with E-state index in [4.69, 9.17) is 14.2 Å². The van der Waals surface area contributed by atoms with Gasteiger partial charge in [-0.05, 0) is 24.3 Å². The molecule has 1 aliphatic heterocycles. The van der Waals surface area contributed by atoms with Crippen LogP contribution in [-0.2, 0) is 14.8 Å². The van der Waals surface area contributed by atoms with Gasteiger partial charge in [-0.2, -0.15) is 0 Å². The van der Waals surface area contributed by atoms with Crippen LogP contribution in [0.2, 0.25) is 0 Å². The lowest BCUT2D eigenvalue weighted by atomic mass is 10.3. The third-order valence-electron chi connectivity index (χ3n) is 3.34. The molecule has 2 heterocycles. The van der Waals surface area contributed by atoms with Crippen LogP contribution in [0.5, 0.6) is 11.5 Å². The van der Waals surface area contributed by atoms with Crippen molar-refractivity contribution in [2.24, 2.45) is 0 Å². The number of hydrogen-bond acceptors (Lipinski definition) is 8. The van der Waals surface area contributed by atoms with Crippen molar-refractivity contribution >= 4 is 21.7 Å².